The van der Waals surface area contributed by atoms with Crippen molar-refractivity contribution in [2.75, 3.05) is 20.1 Å². The van der Waals surface area contributed by atoms with Gasteiger partial charge in [-0.05, 0) is 37.6 Å². The van der Waals surface area contributed by atoms with E-state index in [0.29, 0.717) is 0 Å². The van der Waals surface area contributed by atoms with Gasteiger partial charge < -0.3 is 10.2 Å². The molecule has 6 heteroatoms. The van der Waals surface area contributed by atoms with Gasteiger partial charge in [0.2, 0.25) is 5.91 Å². The third-order valence-electron chi connectivity index (χ3n) is 3.61. The van der Waals surface area contributed by atoms with E-state index < -0.39 is 11.6 Å². The standard InChI is InChI=1S/C14H18F2N2O.ClH/c1-18(12-4-6-17-7-5-12)14(19)8-10-2-3-11(15)9-13(10)16;/h2-3,9,12,17H,4-8H2,1H3;1H. The van der Waals surface area contributed by atoms with Gasteiger partial charge in [0.25, 0.3) is 0 Å². The normalized spacial score (nSPS) is 15.6. The summed E-state index contributed by atoms with van der Waals surface area (Å²) in [6.07, 6.45) is 1.80. The number of halogens is 3. The topological polar surface area (TPSA) is 32.3 Å². The molecule has 0 unspecified atom stereocenters. The molecule has 0 spiro atoms. The highest BCUT2D eigenvalue weighted by atomic mass is 35.5. The number of benzene rings is 1. The number of hydrogen-bond donors (Lipinski definition) is 1. The van der Waals surface area contributed by atoms with Crippen LogP contribution in [0.1, 0.15) is 18.4 Å². The lowest BCUT2D eigenvalue weighted by atomic mass is 10.0. The smallest absolute Gasteiger partial charge is 0.227 e. The molecule has 20 heavy (non-hydrogen) atoms. The van der Waals surface area contributed by atoms with Crippen molar-refractivity contribution < 1.29 is 13.6 Å². The zero-order valence-electron chi connectivity index (χ0n) is 11.4. The molecule has 0 saturated carbocycles. The van der Waals surface area contributed by atoms with E-state index in [-0.39, 0.29) is 36.3 Å². The Bertz CT molecular complexity index is 464. The van der Waals surface area contributed by atoms with Gasteiger partial charge in [0, 0.05) is 19.2 Å². The summed E-state index contributed by atoms with van der Waals surface area (Å²) in [5.41, 5.74) is 0.243. The van der Waals surface area contributed by atoms with E-state index in [2.05, 4.69) is 5.32 Å². The zero-order chi connectivity index (χ0) is 13.8. The molecule has 0 atom stereocenters. The van der Waals surface area contributed by atoms with Crippen LogP contribution in [0.4, 0.5) is 8.78 Å². The van der Waals surface area contributed by atoms with Crippen LogP contribution in [0, 0.1) is 11.6 Å². The zero-order valence-corrected chi connectivity index (χ0v) is 12.2. The number of amides is 1. The van der Waals surface area contributed by atoms with Crippen molar-refractivity contribution in [2.45, 2.75) is 25.3 Å². The van der Waals surface area contributed by atoms with Crippen LogP contribution in [0.3, 0.4) is 0 Å². The molecule has 1 aromatic rings. The molecular weight excluding hydrogens is 286 g/mol. The van der Waals surface area contributed by atoms with Crippen molar-refractivity contribution in [1.29, 1.82) is 0 Å². The summed E-state index contributed by atoms with van der Waals surface area (Å²) in [5, 5.41) is 3.23. The average molecular weight is 305 g/mol. The summed E-state index contributed by atoms with van der Waals surface area (Å²) >= 11 is 0. The van der Waals surface area contributed by atoms with Gasteiger partial charge in [-0.3, -0.25) is 4.79 Å². The Morgan fingerprint density at radius 3 is 2.60 bits per heavy atom. The first-order valence-electron chi connectivity index (χ1n) is 6.48. The van der Waals surface area contributed by atoms with Gasteiger partial charge in [-0.15, -0.1) is 12.4 Å². The number of nitrogens with zero attached hydrogens (tertiary/aromatic N) is 1. The minimum absolute atomic E-state index is 0. The maximum absolute atomic E-state index is 13.5. The van der Waals surface area contributed by atoms with Crippen LogP contribution < -0.4 is 5.32 Å². The molecule has 3 nitrogen and oxygen atoms in total. The Morgan fingerprint density at radius 2 is 2.00 bits per heavy atom. The Balaban J connectivity index is 0.00000200. The van der Waals surface area contributed by atoms with Gasteiger partial charge in [-0.25, -0.2) is 8.78 Å². The molecule has 1 saturated heterocycles. The van der Waals surface area contributed by atoms with Gasteiger partial charge in [-0.1, -0.05) is 6.07 Å². The first-order chi connectivity index (χ1) is 9.08. The van der Waals surface area contributed by atoms with Gasteiger partial charge >= 0.3 is 0 Å². The Hall–Kier alpha value is -1.20. The lowest BCUT2D eigenvalue weighted by Gasteiger charge is -2.31. The second-order valence-electron chi connectivity index (χ2n) is 4.90. The fraction of sp³-hybridized carbons (Fsp3) is 0.500. The van der Waals surface area contributed by atoms with Crippen LogP contribution >= 0.6 is 12.4 Å². The summed E-state index contributed by atoms with van der Waals surface area (Å²) in [5.74, 6) is -1.41. The molecule has 0 aromatic heterocycles. The molecule has 1 fully saturated rings. The molecule has 2 rings (SSSR count). The van der Waals surface area contributed by atoms with Crippen molar-refractivity contribution in [2.24, 2.45) is 0 Å². The molecule has 1 N–H and O–H groups in total. The molecule has 0 aliphatic carbocycles. The average Bonchev–Trinajstić information content (AvgIpc) is 2.42. The third kappa shape index (κ3) is 4.15. The van der Waals surface area contributed by atoms with Crippen LogP contribution in [-0.4, -0.2) is 37.0 Å². The van der Waals surface area contributed by atoms with Crippen molar-refractivity contribution in [1.82, 2.24) is 10.2 Å². The fourth-order valence-corrected chi connectivity index (χ4v) is 2.35. The molecule has 1 heterocycles. The minimum atomic E-state index is -0.660. The summed E-state index contributed by atoms with van der Waals surface area (Å²) in [4.78, 5) is 13.8. The van der Waals surface area contributed by atoms with E-state index in [1.165, 1.54) is 12.1 Å². The van der Waals surface area contributed by atoms with Crippen LogP contribution in [0.15, 0.2) is 18.2 Å². The second kappa shape index (κ2) is 7.55. The Morgan fingerprint density at radius 1 is 1.35 bits per heavy atom. The SMILES string of the molecule is CN(C(=O)Cc1ccc(F)cc1F)C1CCNCC1.Cl. The van der Waals surface area contributed by atoms with E-state index >= 15 is 0 Å². The number of hydrogen-bond acceptors (Lipinski definition) is 2. The van der Waals surface area contributed by atoms with E-state index in [9.17, 15) is 13.6 Å². The van der Waals surface area contributed by atoms with E-state index in [0.717, 1.165) is 32.0 Å². The second-order valence-corrected chi connectivity index (χ2v) is 4.90. The van der Waals surface area contributed by atoms with Gasteiger partial charge in [0.1, 0.15) is 11.6 Å². The third-order valence-corrected chi connectivity index (χ3v) is 3.61. The summed E-state index contributed by atoms with van der Waals surface area (Å²) < 4.78 is 26.3. The molecule has 0 bridgehead atoms. The predicted molar refractivity (Wildman–Crippen MR) is 76.0 cm³/mol. The molecule has 1 amide bonds. The van der Waals surface area contributed by atoms with Gasteiger partial charge in [0.05, 0.1) is 6.42 Å². The van der Waals surface area contributed by atoms with Gasteiger partial charge in [-0.2, -0.15) is 0 Å². The summed E-state index contributed by atoms with van der Waals surface area (Å²) in [7, 11) is 1.75. The maximum Gasteiger partial charge on any atom is 0.227 e. The number of rotatable bonds is 3. The Labute approximate surface area is 123 Å². The number of likely N-dealkylation sites (N-methyl/N-ethyl adjacent to an activating group) is 1. The number of carbonyl (C=O) groups excluding carboxylic acids is 1. The quantitative estimate of drug-likeness (QED) is 0.928. The number of carbonyl (C=O) groups is 1. The summed E-state index contributed by atoms with van der Waals surface area (Å²) in [6, 6.07) is 3.53. The van der Waals surface area contributed by atoms with Crippen molar-refractivity contribution in [3.63, 3.8) is 0 Å². The molecular formula is C14H19ClF2N2O. The first kappa shape index (κ1) is 16.9. The van der Waals surface area contributed by atoms with Crippen LogP contribution in [0.5, 0.6) is 0 Å². The minimum Gasteiger partial charge on any atom is -0.342 e. The molecule has 112 valence electrons. The fourth-order valence-electron chi connectivity index (χ4n) is 2.35. The van der Waals surface area contributed by atoms with Gasteiger partial charge in [0.15, 0.2) is 0 Å². The van der Waals surface area contributed by atoms with Crippen molar-refractivity contribution in [3.8, 4) is 0 Å². The Kier molecular flexibility index (Phi) is 6.36. The largest absolute Gasteiger partial charge is 0.342 e. The monoisotopic (exact) mass is 304 g/mol. The molecule has 1 aliphatic heterocycles. The highest BCUT2D eigenvalue weighted by Crippen LogP contribution is 2.14. The molecule has 1 aliphatic rings. The van der Waals surface area contributed by atoms with Crippen LogP contribution in [0.25, 0.3) is 0 Å². The highest BCUT2D eigenvalue weighted by Gasteiger charge is 2.22. The van der Waals surface area contributed by atoms with E-state index in [4.69, 9.17) is 0 Å². The van der Waals surface area contributed by atoms with E-state index in [1.807, 2.05) is 0 Å². The first-order valence-corrected chi connectivity index (χ1v) is 6.48. The lowest BCUT2D eigenvalue weighted by molar-refractivity contribution is -0.131. The number of nitrogens with one attached hydrogen (secondary N) is 1. The number of piperidine rings is 1. The van der Waals surface area contributed by atoms with Crippen molar-refractivity contribution >= 4 is 18.3 Å². The predicted octanol–water partition coefficient (Wildman–Crippen LogP) is 2.14. The molecule has 1 aromatic carbocycles. The van der Waals surface area contributed by atoms with Crippen LogP contribution in [-0.2, 0) is 11.2 Å². The maximum atomic E-state index is 13.5. The molecule has 0 radical (unpaired) electrons. The van der Waals surface area contributed by atoms with Crippen molar-refractivity contribution in [3.05, 3.63) is 35.4 Å². The summed E-state index contributed by atoms with van der Waals surface area (Å²) in [6.45, 7) is 1.79. The van der Waals surface area contributed by atoms with Crippen LogP contribution in [0.2, 0.25) is 0 Å². The van der Waals surface area contributed by atoms with E-state index in [1.54, 1.807) is 11.9 Å². The highest BCUT2D eigenvalue weighted by molar-refractivity contribution is 5.85. The lowest BCUT2D eigenvalue weighted by Crippen LogP contribution is -2.44.